The number of pyridine rings is 1. The van der Waals surface area contributed by atoms with Gasteiger partial charge in [0.05, 0.1) is 5.25 Å². The Balaban J connectivity index is 1.84. The number of nitrogens with one attached hydrogen (secondary N) is 2. The molecule has 0 fully saturated rings. The van der Waals surface area contributed by atoms with Crippen molar-refractivity contribution in [3.8, 4) is 0 Å². The molecule has 0 saturated carbocycles. The molecule has 10 nitrogen and oxygen atoms in total. The molecule has 0 aliphatic heterocycles. The zero-order valence-electron chi connectivity index (χ0n) is 20.8. The average molecular weight is 514 g/mol. The van der Waals surface area contributed by atoms with Crippen LogP contribution in [0.15, 0.2) is 47.7 Å². The molecule has 1 atom stereocenters. The van der Waals surface area contributed by atoms with Gasteiger partial charge in [-0.15, -0.1) is 0 Å². The number of carbonyl (C=O) groups is 3. The number of hydrogen-bond donors (Lipinski definition) is 4. The lowest BCUT2D eigenvalue weighted by molar-refractivity contribution is -0.138. The van der Waals surface area contributed by atoms with Crippen LogP contribution in [0.3, 0.4) is 0 Å². The molecule has 1 heterocycles. The van der Waals surface area contributed by atoms with Gasteiger partial charge < -0.3 is 16.6 Å². The second-order valence-corrected chi connectivity index (χ2v) is 9.22. The highest BCUT2D eigenvalue weighted by Gasteiger charge is 2.24. The quantitative estimate of drug-likeness (QED) is 0.0985. The molecule has 2 rings (SSSR count). The third kappa shape index (κ3) is 8.97. The zero-order valence-corrected chi connectivity index (χ0v) is 21.6. The molecular formula is C25H35N7O3S. The summed E-state index contributed by atoms with van der Waals surface area (Å²) < 4.78 is 0. The molecule has 0 bridgehead atoms. The number of amidine groups is 1. The summed E-state index contributed by atoms with van der Waals surface area (Å²) in [6.07, 6.45) is 8.33. The smallest absolute Gasteiger partial charge is 0.242 e. The number of anilines is 1. The number of hydrogen-bond acceptors (Lipinski definition) is 8. The van der Waals surface area contributed by atoms with Crippen molar-refractivity contribution in [3.63, 3.8) is 0 Å². The average Bonchev–Trinajstić information content (AvgIpc) is 2.90. The summed E-state index contributed by atoms with van der Waals surface area (Å²) in [7, 11) is 0. The monoisotopic (exact) mass is 513 g/mol. The van der Waals surface area contributed by atoms with E-state index in [0.717, 1.165) is 35.4 Å². The number of aromatic nitrogens is 1. The van der Waals surface area contributed by atoms with Gasteiger partial charge in [0.2, 0.25) is 18.2 Å². The summed E-state index contributed by atoms with van der Waals surface area (Å²) in [6.45, 7) is 2.31. The molecule has 1 unspecified atom stereocenters. The lowest BCUT2D eigenvalue weighted by atomic mass is 10.1. The standard InChI is InChI=1S/C25H35N7O3S/c1-3-4-6-20-11-8-18(16-28-20)15-22(36-2)25(35)32(17-33)14-5-7-23(34)29-21-12-9-19(10-13-21)24(30-26)31-27/h8-13,16-17,22H,3-7,14-15,26-27H2,1-2H3,(H,29,34)(H,30,31). The van der Waals surface area contributed by atoms with Crippen molar-refractivity contribution >= 4 is 41.5 Å². The minimum atomic E-state index is -0.407. The first-order valence-corrected chi connectivity index (χ1v) is 13.1. The Hall–Kier alpha value is -3.44. The predicted octanol–water partition coefficient (Wildman–Crippen LogP) is 2.19. The molecule has 1 aromatic carbocycles. The van der Waals surface area contributed by atoms with Gasteiger partial charge in [0.25, 0.3) is 0 Å². The van der Waals surface area contributed by atoms with Crippen LogP contribution >= 0.6 is 11.8 Å². The lowest BCUT2D eigenvalue weighted by Crippen LogP contribution is -2.38. The minimum Gasteiger partial charge on any atom is -0.326 e. The van der Waals surface area contributed by atoms with Crippen molar-refractivity contribution < 1.29 is 14.4 Å². The third-order valence-electron chi connectivity index (χ3n) is 5.57. The van der Waals surface area contributed by atoms with E-state index in [1.807, 2.05) is 18.4 Å². The summed E-state index contributed by atoms with van der Waals surface area (Å²) in [4.78, 5) is 42.5. The molecule has 2 aromatic rings. The summed E-state index contributed by atoms with van der Waals surface area (Å²) >= 11 is 1.40. The van der Waals surface area contributed by atoms with Gasteiger partial charge in [0.15, 0.2) is 5.84 Å². The molecule has 11 heteroatoms. The van der Waals surface area contributed by atoms with Crippen molar-refractivity contribution in [2.24, 2.45) is 16.8 Å². The molecule has 0 saturated heterocycles. The van der Waals surface area contributed by atoms with E-state index in [0.29, 0.717) is 36.3 Å². The van der Waals surface area contributed by atoms with Gasteiger partial charge in [-0.25, -0.2) is 5.84 Å². The van der Waals surface area contributed by atoms with Gasteiger partial charge in [0.1, 0.15) is 0 Å². The number of unbranched alkanes of at least 4 members (excludes halogenated alkanes) is 1. The second kappa shape index (κ2) is 15.5. The number of nitrogens with two attached hydrogens (primary N) is 2. The second-order valence-electron chi connectivity index (χ2n) is 8.18. The molecule has 194 valence electrons. The topological polar surface area (TPSA) is 156 Å². The van der Waals surface area contributed by atoms with Gasteiger partial charge in [-0.1, -0.05) is 19.4 Å². The molecule has 0 aliphatic rings. The Labute approximate surface area is 216 Å². The summed E-state index contributed by atoms with van der Waals surface area (Å²) in [6, 6.07) is 10.8. The molecule has 1 aromatic heterocycles. The number of thioether (sulfide) groups is 1. The van der Waals surface area contributed by atoms with Gasteiger partial charge in [-0.05, 0) is 67.8 Å². The van der Waals surface area contributed by atoms with E-state index in [2.05, 4.69) is 27.8 Å². The van der Waals surface area contributed by atoms with Crippen molar-refractivity contribution in [1.29, 1.82) is 0 Å². The van der Waals surface area contributed by atoms with E-state index in [1.54, 1.807) is 30.5 Å². The van der Waals surface area contributed by atoms with Crippen LogP contribution in [0.1, 0.15) is 49.4 Å². The van der Waals surface area contributed by atoms with Crippen LogP contribution in [-0.2, 0) is 27.2 Å². The molecule has 0 aliphatic carbocycles. The maximum Gasteiger partial charge on any atom is 0.242 e. The lowest BCUT2D eigenvalue weighted by Gasteiger charge is -2.21. The van der Waals surface area contributed by atoms with Gasteiger partial charge in [0, 0.05) is 36.1 Å². The largest absolute Gasteiger partial charge is 0.326 e. The normalized spacial score (nSPS) is 12.0. The van der Waals surface area contributed by atoms with Crippen molar-refractivity contribution in [3.05, 3.63) is 59.4 Å². The Morgan fingerprint density at radius 1 is 1.19 bits per heavy atom. The number of imide groups is 1. The summed E-state index contributed by atoms with van der Waals surface area (Å²) in [5.41, 5.74) is 5.64. The number of carbonyl (C=O) groups excluding carboxylic acids is 3. The zero-order chi connectivity index (χ0) is 26.3. The number of hydrazone groups is 1. The molecule has 0 radical (unpaired) electrons. The van der Waals surface area contributed by atoms with Crippen LogP contribution < -0.4 is 22.4 Å². The predicted molar refractivity (Wildman–Crippen MR) is 144 cm³/mol. The van der Waals surface area contributed by atoms with Crippen LogP contribution in [0.4, 0.5) is 5.69 Å². The first-order valence-electron chi connectivity index (χ1n) is 11.8. The first kappa shape index (κ1) is 28.8. The molecule has 36 heavy (non-hydrogen) atoms. The van der Waals surface area contributed by atoms with Crippen molar-refractivity contribution in [1.82, 2.24) is 15.3 Å². The van der Waals surface area contributed by atoms with Crippen LogP contribution in [0, 0.1) is 0 Å². The van der Waals surface area contributed by atoms with Crippen LogP contribution in [0.2, 0.25) is 0 Å². The molecule has 0 spiro atoms. The Bertz CT molecular complexity index is 1010. The Morgan fingerprint density at radius 2 is 1.94 bits per heavy atom. The number of benzene rings is 1. The Kier molecular flexibility index (Phi) is 12.4. The highest BCUT2D eigenvalue weighted by atomic mass is 32.2. The van der Waals surface area contributed by atoms with Gasteiger partial charge in [-0.2, -0.15) is 16.9 Å². The molecule has 6 N–H and O–H groups in total. The van der Waals surface area contributed by atoms with E-state index >= 15 is 0 Å². The maximum atomic E-state index is 12.9. The highest BCUT2D eigenvalue weighted by Crippen LogP contribution is 2.17. The minimum absolute atomic E-state index is 0.159. The van der Waals surface area contributed by atoms with E-state index in [9.17, 15) is 14.4 Å². The summed E-state index contributed by atoms with van der Waals surface area (Å²) in [5, 5.41) is 5.91. The fourth-order valence-corrected chi connectivity index (χ4v) is 4.20. The fourth-order valence-electron chi connectivity index (χ4n) is 3.51. The van der Waals surface area contributed by atoms with E-state index in [4.69, 9.17) is 11.7 Å². The van der Waals surface area contributed by atoms with E-state index in [1.165, 1.54) is 11.8 Å². The Morgan fingerprint density at radius 3 is 2.50 bits per heavy atom. The van der Waals surface area contributed by atoms with Crippen molar-refractivity contribution in [2.45, 2.75) is 50.7 Å². The maximum absolute atomic E-state index is 12.9. The number of amides is 3. The SMILES string of the molecule is CCCCc1ccc(CC(SC)C(=O)N(C=O)CCCC(=O)Nc2ccc(/C(=N/N)NN)cc2)cn1. The number of hydrazine groups is 1. The first-order chi connectivity index (χ1) is 17.4. The van der Waals surface area contributed by atoms with Crippen LogP contribution in [-0.4, -0.2) is 52.0 Å². The van der Waals surface area contributed by atoms with Gasteiger partial charge >= 0.3 is 0 Å². The van der Waals surface area contributed by atoms with Gasteiger partial charge in [-0.3, -0.25) is 24.3 Å². The van der Waals surface area contributed by atoms with Crippen LogP contribution in [0.25, 0.3) is 0 Å². The number of rotatable bonds is 14. The van der Waals surface area contributed by atoms with E-state index in [-0.39, 0.29) is 24.8 Å². The summed E-state index contributed by atoms with van der Waals surface area (Å²) in [5.74, 6) is 10.4. The molecule has 3 amide bonds. The fraction of sp³-hybridized carbons (Fsp3) is 0.400. The third-order valence-corrected chi connectivity index (χ3v) is 6.51. The molecular weight excluding hydrogens is 478 g/mol. The van der Waals surface area contributed by atoms with Crippen LogP contribution in [0.5, 0.6) is 0 Å². The number of aryl methyl sites for hydroxylation is 1. The van der Waals surface area contributed by atoms with Crippen molar-refractivity contribution in [2.75, 3.05) is 18.1 Å². The van der Waals surface area contributed by atoms with E-state index < -0.39 is 5.25 Å². The highest BCUT2D eigenvalue weighted by molar-refractivity contribution is 7.99. The number of nitrogens with zero attached hydrogens (tertiary/aromatic N) is 3.